The van der Waals surface area contributed by atoms with E-state index in [9.17, 15) is 9.18 Å². The molecule has 0 bridgehead atoms. The van der Waals surface area contributed by atoms with Crippen molar-refractivity contribution < 1.29 is 10.6 Å². The van der Waals surface area contributed by atoms with Gasteiger partial charge in [0.1, 0.15) is 11.5 Å². The summed E-state index contributed by atoms with van der Waals surface area (Å²) < 4.78 is 14.9. The highest BCUT2D eigenvalue weighted by Gasteiger charge is 2.57. The zero-order valence-electron chi connectivity index (χ0n) is 22.4. The summed E-state index contributed by atoms with van der Waals surface area (Å²) in [4.78, 5) is 30.4. The second kappa shape index (κ2) is 8.74. The van der Waals surface area contributed by atoms with Crippen LogP contribution in [0, 0.1) is 23.6 Å². The molecule has 0 unspecified atom stereocenters. The number of carbonyl (C=O) groups excluding carboxylic acids is 1. The van der Waals surface area contributed by atoms with Gasteiger partial charge in [0, 0.05) is 33.3 Å². The van der Waals surface area contributed by atoms with Crippen LogP contribution in [0.1, 0.15) is 65.1 Å². The van der Waals surface area contributed by atoms with Gasteiger partial charge in [0.05, 0.1) is 17.3 Å². The number of amides is 1. The highest BCUT2D eigenvalue weighted by Crippen LogP contribution is 2.56. The van der Waals surface area contributed by atoms with Crippen LogP contribution < -0.4 is 5.32 Å². The molecule has 0 atom stereocenters. The zero-order valence-corrected chi connectivity index (χ0v) is 22.4. The molecule has 2 spiro atoms. The van der Waals surface area contributed by atoms with E-state index in [1.54, 1.807) is 25.8 Å². The van der Waals surface area contributed by atoms with Crippen LogP contribution in [0.2, 0.25) is 0 Å². The topological polar surface area (TPSA) is 74.2 Å². The molecule has 2 aromatic heterocycles. The maximum atomic E-state index is 14.9. The summed E-state index contributed by atoms with van der Waals surface area (Å²) >= 11 is 0. The summed E-state index contributed by atoms with van der Waals surface area (Å²) in [6, 6.07) is 4.03. The van der Waals surface area contributed by atoms with Gasteiger partial charge in [-0.2, -0.15) is 0 Å². The van der Waals surface area contributed by atoms with Gasteiger partial charge < -0.3 is 15.1 Å². The molecule has 3 fully saturated rings. The average Bonchev–Trinajstić information content (AvgIpc) is 3.64. The number of nitrogens with zero attached hydrogens (tertiary/aromatic N) is 5. The van der Waals surface area contributed by atoms with Crippen molar-refractivity contribution in [1.29, 1.82) is 0 Å². The standard InChI is InChI=1S/C30H33FN6O.H2/c1-6-22-25(27(38)36(5)30(22)10-11-30)18(3)19(4)26-23(31)15-33-28(35-26)34-24-9-8-20(14-32-24)21-12-29(13-21)16-37(7-2)17-29;/h1,8-9,14-15,21H,7,10-13,16-17H2,2-5H3,(H,32,33,34,35);1H/b19-18+;. The van der Waals surface area contributed by atoms with Crippen molar-refractivity contribution in [1.82, 2.24) is 24.8 Å². The summed E-state index contributed by atoms with van der Waals surface area (Å²) in [5.74, 6) is 3.46. The number of likely N-dealkylation sites (N-methyl/N-ethyl adjacent to an activating group) is 1. The van der Waals surface area contributed by atoms with Gasteiger partial charge in [-0.05, 0) is 80.2 Å². The minimum atomic E-state index is -0.560. The second-order valence-corrected chi connectivity index (χ2v) is 11.4. The fraction of sp³-hybridized carbons (Fsp3) is 0.467. The van der Waals surface area contributed by atoms with E-state index in [-0.39, 0.29) is 24.5 Å². The van der Waals surface area contributed by atoms with Gasteiger partial charge >= 0.3 is 0 Å². The highest BCUT2D eigenvalue weighted by molar-refractivity contribution is 6.06. The Morgan fingerprint density at radius 3 is 2.55 bits per heavy atom. The Kier molecular flexibility index (Phi) is 5.69. The van der Waals surface area contributed by atoms with Crippen LogP contribution in [-0.4, -0.2) is 62.9 Å². The minimum Gasteiger partial charge on any atom is -0.331 e. The number of hydrogen-bond acceptors (Lipinski definition) is 6. The van der Waals surface area contributed by atoms with Crippen LogP contribution in [0.25, 0.3) is 5.57 Å². The molecule has 2 aliphatic heterocycles. The van der Waals surface area contributed by atoms with E-state index in [4.69, 9.17) is 6.42 Å². The van der Waals surface area contributed by atoms with Gasteiger partial charge in [0.2, 0.25) is 5.95 Å². The predicted octanol–water partition coefficient (Wildman–Crippen LogP) is 4.93. The van der Waals surface area contributed by atoms with Crippen molar-refractivity contribution >= 4 is 23.2 Å². The van der Waals surface area contributed by atoms with Crippen molar-refractivity contribution in [2.45, 2.75) is 57.9 Å². The highest BCUT2D eigenvalue weighted by atomic mass is 19.1. The Morgan fingerprint density at radius 2 is 1.95 bits per heavy atom. The van der Waals surface area contributed by atoms with Gasteiger partial charge in [-0.15, -0.1) is 6.42 Å². The molecule has 4 aliphatic rings. The number of halogens is 1. The number of allylic oxidation sites excluding steroid dienone is 1. The molecule has 2 aliphatic carbocycles. The lowest BCUT2D eigenvalue weighted by Gasteiger charge is -2.59. The summed E-state index contributed by atoms with van der Waals surface area (Å²) in [6.45, 7) is 9.36. The molecule has 6 rings (SSSR count). The summed E-state index contributed by atoms with van der Waals surface area (Å²) in [5.41, 5.74) is 3.90. The molecular formula is C30H35FN6O. The first-order valence-electron chi connectivity index (χ1n) is 13.4. The summed E-state index contributed by atoms with van der Waals surface area (Å²) in [7, 11) is 1.78. The fourth-order valence-electron chi connectivity index (χ4n) is 6.62. The summed E-state index contributed by atoms with van der Waals surface area (Å²) in [5, 5.41) is 3.10. The molecule has 2 aromatic rings. The predicted molar refractivity (Wildman–Crippen MR) is 147 cm³/mol. The van der Waals surface area contributed by atoms with Crippen LogP contribution in [0.4, 0.5) is 16.2 Å². The van der Waals surface area contributed by atoms with Crippen molar-refractivity contribution in [3.8, 4) is 12.3 Å². The third-order valence-electron chi connectivity index (χ3n) is 9.20. The third kappa shape index (κ3) is 3.75. The molecule has 1 N–H and O–H groups in total. The fourth-order valence-corrected chi connectivity index (χ4v) is 6.62. The summed E-state index contributed by atoms with van der Waals surface area (Å²) in [6.07, 6.45) is 13.0. The van der Waals surface area contributed by atoms with Gasteiger partial charge in [-0.3, -0.25) is 4.79 Å². The molecule has 198 valence electrons. The first-order valence-corrected chi connectivity index (χ1v) is 13.4. The Bertz CT molecular complexity index is 1420. The monoisotopic (exact) mass is 514 g/mol. The van der Waals surface area contributed by atoms with E-state index in [2.05, 4.69) is 44.1 Å². The van der Waals surface area contributed by atoms with Gasteiger partial charge in [-0.25, -0.2) is 19.3 Å². The SMILES string of the molecule is C#CC1=C(/C(C)=C(\C)c2nc(Nc3ccc(C4CC5(C4)CN(CC)C5)cn3)ncc2F)C(=O)N(C)C12CC2.[HH]. The Labute approximate surface area is 224 Å². The largest absolute Gasteiger partial charge is 0.331 e. The molecule has 7 nitrogen and oxygen atoms in total. The normalized spacial score (nSPS) is 22.3. The number of nitrogens with one attached hydrogen (secondary N) is 1. The third-order valence-corrected chi connectivity index (χ3v) is 9.20. The van der Waals surface area contributed by atoms with Crippen LogP contribution in [0.5, 0.6) is 0 Å². The van der Waals surface area contributed by atoms with E-state index >= 15 is 0 Å². The van der Waals surface area contributed by atoms with E-state index in [0.29, 0.717) is 39.4 Å². The number of carbonyl (C=O) groups is 1. The molecular weight excluding hydrogens is 479 g/mol. The number of hydrogen-bond donors (Lipinski definition) is 1. The van der Waals surface area contributed by atoms with Gasteiger partial charge in [0.25, 0.3) is 5.91 Å². The minimum absolute atomic E-state index is 0. The lowest BCUT2D eigenvalue weighted by Crippen LogP contribution is -2.61. The van der Waals surface area contributed by atoms with Crippen LogP contribution >= 0.6 is 0 Å². The lowest BCUT2D eigenvalue weighted by atomic mass is 9.56. The number of likely N-dealkylation sites (tertiary alicyclic amines) is 1. The molecule has 0 aromatic carbocycles. The second-order valence-electron chi connectivity index (χ2n) is 11.4. The zero-order chi connectivity index (χ0) is 26.8. The van der Waals surface area contributed by atoms with E-state index < -0.39 is 5.82 Å². The number of aromatic nitrogens is 3. The van der Waals surface area contributed by atoms with Crippen molar-refractivity contribution in [2.24, 2.45) is 5.41 Å². The van der Waals surface area contributed by atoms with Gasteiger partial charge in [0.15, 0.2) is 5.82 Å². The Hall–Kier alpha value is -3.57. The van der Waals surface area contributed by atoms with Crippen LogP contribution in [0.15, 0.2) is 41.2 Å². The molecule has 1 amide bonds. The smallest absolute Gasteiger partial charge is 0.255 e. The molecule has 2 saturated carbocycles. The number of rotatable bonds is 6. The van der Waals surface area contributed by atoms with E-state index in [1.807, 2.05) is 12.3 Å². The van der Waals surface area contributed by atoms with Crippen molar-refractivity contribution in [3.63, 3.8) is 0 Å². The number of pyridine rings is 1. The van der Waals surface area contributed by atoms with Gasteiger partial charge in [-0.1, -0.05) is 18.9 Å². The van der Waals surface area contributed by atoms with Crippen molar-refractivity contribution in [2.75, 3.05) is 32.0 Å². The first-order chi connectivity index (χ1) is 18.2. The quantitative estimate of drug-likeness (QED) is 0.551. The van der Waals surface area contributed by atoms with E-state index in [0.717, 1.165) is 25.6 Å². The molecule has 4 heterocycles. The maximum Gasteiger partial charge on any atom is 0.255 e. The molecule has 38 heavy (non-hydrogen) atoms. The molecule has 1 saturated heterocycles. The first kappa shape index (κ1) is 24.7. The number of terminal acetylenes is 1. The lowest BCUT2D eigenvalue weighted by molar-refractivity contribution is -0.125. The van der Waals surface area contributed by atoms with E-state index in [1.165, 1.54) is 31.5 Å². The molecule has 8 heteroatoms. The average molecular weight is 515 g/mol. The van der Waals surface area contributed by atoms with Crippen LogP contribution in [-0.2, 0) is 4.79 Å². The Balaban J connectivity index is 0.00000308. The molecule has 0 radical (unpaired) electrons. The Morgan fingerprint density at radius 1 is 1.21 bits per heavy atom. The number of anilines is 2. The van der Waals surface area contributed by atoms with Crippen LogP contribution in [0.3, 0.4) is 0 Å². The maximum absolute atomic E-state index is 14.9. The van der Waals surface area contributed by atoms with Crippen molar-refractivity contribution in [3.05, 3.63) is 58.3 Å².